The summed E-state index contributed by atoms with van der Waals surface area (Å²) >= 11 is 1.45. The summed E-state index contributed by atoms with van der Waals surface area (Å²) in [7, 11) is 0. The van der Waals surface area contributed by atoms with Gasteiger partial charge in [-0.05, 0) is 24.3 Å². The summed E-state index contributed by atoms with van der Waals surface area (Å²) in [5, 5.41) is 3.64. The first-order valence-electron chi connectivity index (χ1n) is 8.08. The van der Waals surface area contributed by atoms with Crippen molar-refractivity contribution in [2.75, 3.05) is 11.6 Å². The predicted octanol–water partition coefficient (Wildman–Crippen LogP) is 4.68. The molecule has 1 N–H and O–H groups in total. The number of aryl methyl sites for hydroxylation is 1. The Morgan fingerprint density at radius 3 is 2.52 bits per heavy atom. The molecule has 2 aromatic carbocycles. The maximum Gasteiger partial charge on any atom is 0.259 e. The van der Waals surface area contributed by atoms with Gasteiger partial charge in [-0.2, -0.15) is 0 Å². The summed E-state index contributed by atoms with van der Waals surface area (Å²) in [6.07, 6.45) is 4.37. The molecule has 0 unspecified atom stereocenters. The zero-order chi connectivity index (χ0) is 17.6. The number of rotatable bonds is 5. The van der Waals surface area contributed by atoms with Crippen molar-refractivity contribution in [3.05, 3.63) is 71.9 Å². The number of carbonyl (C=O) groups excluding carboxylic acids is 1. The van der Waals surface area contributed by atoms with Gasteiger partial charge in [0.25, 0.3) is 5.91 Å². The predicted molar refractivity (Wildman–Crippen MR) is 103 cm³/mol. The van der Waals surface area contributed by atoms with E-state index in [4.69, 9.17) is 0 Å². The van der Waals surface area contributed by atoms with Crippen LogP contribution in [0.15, 0.2) is 66.0 Å². The molecule has 1 aromatic heterocycles. The molecular weight excluding hydrogens is 330 g/mol. The number of hydrogen-bond donors (Lipinski definition) is 1. The van der Waals surface area contributed by atoms with Crippen molar-refractivity contribution in [1.82, 2.24) is 9.97 Å². The lowest BCUT2D eigenvalue weighted by Crippen LogP contribution is -2.15. The number of carbonyl (C=O) groups is 1. The van der Waals surface area contributed by atoms with E-state index in [2.05, 4.69) is 22.2 Å². The lowest BCUT2D eigenvalue weighted by molar-refractivity contribution is 0.102. The van der Waals surface area contributed by atoms with Crippen LogP contribution in [0.3, 0.4) is 0 Å². The number of hydrogen-bond acceptors (Lipinski definition) is 4. The monoisotopic (exact) mass is 349 g/mol. The molecule has 0 spiro atoms. The van der Waals surface area contributed by atoms with Crippen molar-refractivity contribution in [1.29, 1.82) is 0 Å². The summed E-state index contributed by atoms with van der Waals surface area (Å²) in [4.78, 5) is 21.7. The summed E-state index contributed by atoms with van der Waals surface area (Å²) in [5.41, 5.74) is 3.93. The third-order valence-corrected chi connectivity index (χ3v) is 4.45. The third-order valence-electron chi connectivity index (χ3n) is 3.89. The number of benzene rings is 2. The minimum absolute atomic E-state index is 0.201. The fraction of sp³-hybridized carbons (Fsp3) is 0.150. The standard InChI is InChI=1S/C20H19N3OS/c1-3-14-9-7-8-12-17(14)22-19(24)16-13-21-20(25-2)23-18(16)15-10-5-4-6-11-15/h4-13H,3H2,1-2H3,(H,22,24). The second-order valence-electron chi connectivity index (χ2n) is 5.45. The SMILES string of the molecule is CCc1ccccc1NC(=O)c1cnc(SC)nc1-c1ccccc1. The lowest BCUT2D eigenvalue weighted by atomic mass is 10.1. The Hall–Kier alpha value is -2.66. The van der Waals surface area contributed by atoms with E-state index < -0.39 is 0 Å². The Bertz CT molecular complexity index is 881. The molecule has 25 heavy (non-hydrogen) atoms. The van der Waals surface area contributed by atoms with E-state index in [-0.39, 0.29) is 5.91 Å². The quantitative estimate of drug-likeness (QED) is 0.537. The Kier molecular flexibility index (Phi) is 5.46. The topological polar surface area (TPSA) is 54.9 Å². The van der Waals surface area contributed by atoms with Gasteiger partial charge in [0.1, 0.15) is 0 Å². The van der Waals surface area contributed by atoms with Gasteiger partial charge in [0.2, 0.25) is 0 Å². The molecular formula is C20H19N3OS. The van der Waals surface area contributed by atoms with Crippen molar-refractivity contribution in [2.24, 2.45) is 0 Å². The van der Waals surface area contributed by atoms with Crippen LogP contribution in [0.25, 0.3) is 11.3 Å². The highest BCUT2D eigenvalue weighted by Crippen LogP contribution is 2.25. The number of thioether (sulfide) groups is 1. The van der Waals surface area contributed by atoms with Crippen LogP contribution in [0, 0.1) is 0 Å². The molecule has 0 fully saturated rings. The molecule has 0 aliphatic heterocycles. The van der Waals surface area contributed by atoms with Gasteiger partial charge in [-0.1, -0.05) is 67.2 Å². The number of nitrogens with zero attached hydrogens (tertiary/aromatic N) is 2. The van der Waals surface area contributed by atoms with Crippen LogP contribution in [-0.4, -0.2) is 22.1 Å². The van der Waals surface area contributed by atoms with Crippen molar-refractivity contribution in [2.45, 2.75) is 18.5 Å². The number of amides is 1. The summed E-state index contributed by atoms with van der Waals surface area (Å²) in [6, 6.07) is 17.5. The average Bonchev–Trinajstić information content (AvgIpc) is 2.68. The highest BCUT2D eigenvalue weighted by atomic mass is 32.2. The van der Waals surface area contributed by atoms with Gasteiger partial charge in [0, 0.05) is 17.4 Å². The van der Waals surface area contributed by atoms with Gasteiger partial charge in [-0.3, -0.25) is 4.79 Å². The molecule has 5 heteroatoms. The van der Waals surface area contributed by atoms with Crippen LogP contribution in [0.4, 0.5) is 5.69 Å². The second kappa shape index (κ2) is 7.94. The lowest BCUT2D eigenvalue weighted by Gasteiger charge is -2.12. The Balaban J connectivity index is 2.00. The first-order valence-corrected chi connectivity index (χ1v) is 9.31. The molecule has 0 bridgehead atoms. The summed E-state index contributed by atoms with van der Waals surface area (Å²) in [5.74, 6) is -0.201. The third kappa shape index (κ3) is 3.88. The molecule has 3 aromatic rings. The molecule has 126 valence electrons. The van der Waals surface area contributed by atoms with Gasteiger partial charge < -0.3 is 5.32 Å². The molecule has 0 radical (unpaired) electrons. The fourth-order valence-corrected chi connectivity index (χ4v) is 2.93. The van der Waals surface area contributed by atoms with Crippen LogP contribution in [-0.2, 0) is 6.42 Å². The minimum atomic E-state index is -0.201. The Morgan fingerprint density at radius 1 is 1.08 bits per heavy atom. The van der Waals surface area contributed by atoms with Crippen molar-refractivity contribution in [3.63, 3.8) is 0 Å². The minimum Gasteiger partial charge on any atom is -0.322 e. The van der Waals surface area contributed by atoms with Crippen molar-refractivity contribution < 1.29 is 4.79 Å². The van der Waals surface area contributed by atoms with Crippen LogP contribution < -0.4 is 5.32 Å². The first kappa shape index (κ1) is 17.2. The van der Waals surface area contributed by atoms with Crippen molar-refractivity contribution >= 4 is 23.4 Å². The smallest absolute Gasteiger partial charge is 0.259 e. The summed E-state index contributed by atoms with van der Waals surface area (Å²) in [6.45, 7) is 2.07. The van der Waals surface area contributed by atoms with Gasteiger partial charge in [0.05, 0.1) is 11.3 Å². The van der Waals surface area contributed by atoms with E-state index in [1.54, 1.807) is 6.20 Å². The molecule has 1 heterocycles. The zero-order valence-electron chi connectivity index (χ0n) is 14.2. The van der Waals surface area contributed by atoms with E-state index in [9.17, 15) is 4.79 Å². The summed E-state index contributed by atoms with van der Waals surface area (Å²) < 4.78 is 0. The zero-order valence-corrected chi connectivity index (χ0v) is 15.0. The van der Waals surface area contributed by atoms with Gasteiger partial charge in [0.15, 0.2) is 5.16 Å². The Labute approximate surface area is 151 Å². The molecule has 0 saturated carbocycles. The maximum absolute atomic E-state index is 12.9. The van der Waals surface area contributed by atoms with E-state index >= 15 is 0 Å². The van der Waals surface area contributed by atoms with E-state index in [1.165, 1.54) is 11.8 Å². The van der Waals surface area contributed by atoms with E-state index in [0.29, 0.717) is 16.4 Å². The van der Waals surface area contributed by atoms with Crippen LogP contribution in [0.1, 0.15) is 22.8 Å². The molecule has 3 rings (SSSR count). The normalized spacial score (nSPS) is 10.5. The van der Waals surface area contributed by atoms with Gasteiger partial charge in [-0.25, -0.2) is 9.97 Å². The highest BCUT2D eigenvalue weighted by molar-refractivity contribution is 7.98. The maximum atomic E-state index is 12.9. The molecule has 1 amide bonds. The second-order valence-corrected chi connectivity index (χ2v) is 6.22. The van der Waals surface area contributed by atoms with Crippen LogP contribution in [0.2, 0.25) is 0 Å². The van der Waals surface area contributed by atoms with E-state index in [1.807, 2.05) is 60.9 Å². The largest absolute Gasteiger partial charge is 0.322 e. The van der Waals surface area contributed by atoms with E-state index in [0.717, 1.165) is 23.2 Å². The van der Waals surface area contributed by atoms with Gasteiger partial charge >= 0.3 is 0 Å². The fourth-order valence-electron chi connectivity index (χ4n) is 2.59. The van der Waals surface area contributed by atoms with Crippen LogP contribution >= 0.6 is 11.8 Å². The number of nitrogens with one attached hydrogen (secondary N) is 1. The number of aromatic nitrogens is 2. The molecule has 4 nitrogen and oxygen atoms in total. The molecule has 0 saturated heterocycles. The van der Waals surface area contributed by atoms with Crippen LogP contribution in [0.5, 0.6) is 0 Å². The molecule has 0 atom stereocenters. The Morgan fingerprint density at radius 2 is 1.80 bits per heavy atom. The number of para-hydroxylation sites is 1. The molecule has 0 aliphatic carbocycles. The molecule has 0 aliphatic rings. The average molecular weight is 349 g/mol. The number of anilines is 1. The highest BCUT2D eigenvalue weighted by Gasteiger charge is 2.17. The van der Waals surface area contributed by atoms with Crippen molar-refractivity contribution in [3.8, 4) is 11.3 Å². The van der Waals surface area contributed by atoms with Gasteiger partial charge in [-0.15, -0.1) is 0 Å². The first-order chi connectivity index (χ1) is 12.2.